The summed E-state index contributed by atoms with van der Waals surface area (Å²) in [6.07, 6.45) is -2.82. The Morgan fingerprint density at radius 2 is 1.34 bits per heavy atom. The Hall–Kier alpha value is -5.84. The van der Waals surface area contributed by atoms with Gasteiger partial charge in [0, 0.05) is 26.6 Å². The molecule has 0 aromatic heterocycles. The van der Waals surface area contributed by atoms with Crippen LogP contribution in [0.25, 0.3) is 0 Å². The number of alkyl halides is 3. The summed E-state index contributed by atoms with van der Waals surface area (Å²) >= 11 is 0. The maximum atomic E-state index is 15.0. The molecule has 0 unspecified atom stereocenters. The number of likely N-dealkylation sites (N-methyl/N-ethyl adjacent to an activating group) is 1. The molecule has 4 amide bonds. The maximum Gasteiger partial charge on any atom is 0.490 e. The Bertz CT molecular complexity index is 2200. The molecular formula is C52H72F3N5O13. The summed E-state index contributed by atoms with van der Waals surface area (Å²) in [7, 11) is 1.49. The van der Waals surface area contributed by atoms with Crippen molar-refractivity contribution in [3.05, 3.63) is 101 Å². The lowest BCUT2D eigenvalue weighted by molar-refractivity contribution is -0.192. The molecule has 1 aliphatic carbocycles. The van der Waals surface area contributed by atoms with Crippen molar-refractivity contribution in [1.82, 2.24) is 20.4 Å². The minimum Gasteiger partial charge on any atom is -0.491 e. The third-order valence-corrected chi connectivity index (χ3v) is 11.9. The molecule has 404 valence electrons. The topological polar surface area (TPSA) is 227 Å². The number of hydrogen-bond donors (Lipinski definition) is 4. The van der Waals surface area contributed by atoms with Gasteiger partial charge in [0.15, 0.2) is 0 Å². The fourth-order valence-electron chi connectivity index (χ4n) is 7.80. The zero-order valence-corrected chi connectivity index (χ0v) is 42.4. The van der Waals surface area contributed by atoms with E-state index in [1.807, 2.05) is 81.4 Å². The molecule has 0 fully saturated rings. The third-order valence-electron chi connectivity index (χ3n) is 11.9. The Labute approximate surface area is 425 Å². The quantitative estimate of drug-likeness (QED) is 0.0742. The van der Waals surface area contributed by atoms with E-state index in [4.69, 9.17) is 48.8 Å². The highest BCUT2D eigenvalue weighted by molar-refractivity contribution is 5.94. The predicted molar refractivity (Wildman–Crippen MR) is 262 cm³/mol. The van der Waals surface area contributed by atoms with Crippen molar-refractivity contribution in [2.24, 2.45) is 11.1 Å². The number of hydrogen-bond acceptors (Lipinski definition) is 13. The summed E-state index contributed by atoms with van der Waals surface area (Å²) in [6, 6.07) is 20.1. The first kappa shape index (κ1) is 59.7. The standard InChI is InChI=1S/C50H71N5O11.C2HF3O2/c1-36(54(5)49(59)66-35-37-12-7-6-8-13-37)46(56)53-45(50(2,3)4)48(58)55-34-40-32-41(65-31-30-64-29-28-63-27-26-62-25-24-61-23-22-60-21-20-51)19-18-39(40)33-44(55)47(57)52-43-17-11-15-38-14-9-10-16-42(38)43;3-2(4,5)1(6)7/h6-10,12-14,16,18-19,32,36,43-45H,11,15,17,20-31,33-35,51H2,1-5H3,(H,52,57)(H,53,56);(H,6,7)/t36-,43+,44-,45+;/m0./s1. The zero-order valence-electron chi connectivity index (χ0n) is 42.4. The van der Waals surface area contributed by atoms with E-state index >= 15 is 0 Å². The number of nitrogens with two attached hydrogens (primary N) is 1. The number of nitrogens with zero attached hydrogens (tertiary/aromatic N) is 2. The largest absolute Gasteiger partial charge is 0.491 e. The minimum absolute atomic E-state index is 0.0485. The van der Waals surface area contributed by atoms with Crippen molar-refractivity contribution in [2.75, 3.05) is 86.3 Å². The summed E-state index contributed by atoms with van der Waals surface area (Å²) in [6.45, 7) is 12.7. The lowest BCUT2D eigenvalue weighted by atomic mass is 9.83. The molecule has 0 radical (unpaired) electrons. The molecule has 0 spiro atoms. The van der Waals surface area contributed by atoms with Gasteiger partial charge >= 0.3 is 18.2 Å². The van der Waals surface area contributed by atoms with Crippen LogP contribution in [-0.2, 0) is 73.6 Å². The lowest BCUT2D eigenvalue weighted by Crippen LogP contribution is -2.62. The molecule has 0 saturated carbocycles. The van der Waals surface area contributed by atoms with E-state index in [0.29, 0.717) is 85.0 Å². The Morgan fingerprint density at radius 1 is 0.781 bits per heavy atom. The van der Waals surface area contributed by atoms with Crippen LogP contribution in [-0.4, -0.2) is 155 Å². The van der Waals surface area contributed by atoms with Crippen LogP contribution >= 0.6 is 0 Å². The molecule has 21 heteroatoms. The summed E-state index contributed by atoms with van der Waals surface area (Å²) in [5.41, 5.74) is 9.48. The number of carboxylic acid groups (broad SMARTS) is 1. The smallest absolute Gasteiger partial charge is 0.490 e. The molecule has 5 rings (SSSR count). The number of rotatable bonds is 26. The first-order chi connectivity index (χ1) is 34.8. The van der Waals surface area contributed by atoms with E-state index in [0.717, 1.165) is 41.5 Å². The highest BCUT2D eigenvalue weighted by Crippen LogP contribution is 2.33. The van der Waals surface area contributed by atoms with E-state index in [1.165, 1.54) is 17.5 Å². The van der Waals surface area contributed by atoms with Crippen molar-refractivity contribution in [3.8, 4) is 5.75 Å². The van der Waals surface area contributed by atoms with E-state index in [2.05, 4.69) is 22.8 Å². The number of halogens is 3. The Morgan fingerprint density at radius 3 is 1.92 bits per heavy atom. The molecule has 3 aromatic carbocycles. The number of carbonyl (C=O) groups excluding carboxylic acids is 4. The van der Waals surface area contributed by atoms with Gasteiger partial charge in [-0.3, -0.25) is 19.3 Å². The van der Waals surface area contributed by atoms with Gasteiger partial charge in [0.2, 0.25) is 17.7 Å². The average molecular weight is 1030 g/mol. The van der Waals surface area contributed by atoms with E-state index in [-0.39, 0.29) is 31.5 Å². The van der Waals surface area contributed by atoms with Crippen LogP contribution in [0.2, 0.25) is 0 Å². The number of ether oxygens (including phenoxy) is 7. The van der Waals surface area contributed by atoms with Crippen LogP contribution in [0, 0.1) is 5.41 Å². The van der Waals surface area contributed by atoms with Crippen molar-refractivity contribution >= 4 is 29.8 Å². The van der Waals surface area contributed by atoms with Crippen LogP contribution in [0.3, 0.4) is 0 Å². The molecule has 73 heavy (non-hydrogen) atoms. The van der Waals surface area contributed by atoms with Gasteiger partial charge in [0.05, 0.1) is 72.1 Å². The third kappa shape index (κ3) is 20.2. The second-order valence-corrected chi connectivity index (χ2v) is 18.4. The van der Waals surface area contributed by atoms with Gasteiger partial charge in [-0.05, 0) is 71.6 Å². The molecule has 0 saturated heterocycles. The molecule has 18 nitrogen and oxygen atoms in total. The van der Waals surface area contributed by atoms with Gasteiger partial charge in [-0.15, -0.1) is 0 Å². The molecule has 3 aromatic rings. The van der Waals surface area contributed by atoms with Gasteiger partial charge < -0.3 is 59.5 Å². The Kier molecular flexibility index (Phi) is 24.9. The molecule has 0 bridgehead atoms. The van der Waals surface area contributed by atoms with Gasteiger partial charge in [0.1, 0.15) is 37.1 Å². The number of nitrogens with one attached hydrogen (secondary N) is 2. The first-order valence-electron chi connectivity index (χ1n) is 24.4. The van der Waals surface area contributed by atoms with E-state index in [9.17, 15) is 32.3 Å². The number of aryl methyl sites for hydroxylation is 1. The highest BCUT2D eigenvalue weighted by atomic mass is 19.4. The molecule has 2 aliphatic rings. The van der Waals surface area contributed by atoms with Crippen molar-refractivity contribution < 1.29 is 75.4 Å². The first-order valence-corrected chi connectivity index (χ1v) is 24.4. The van der Waals surface area contributed by atoms with Gasteiger partial charge in [-0.2, -0.15) is 13.2 Å². The number of carboxylic acids is 1. The maximum absolute atomic E-state index is 15.0. The highest BCUT2D eigenvalue weighted by Gasteiger charge is 2.43. The number of aliphatic carboxylic acids is 1. The monoisotopic (exact) mass is 1030 g/mol. The second kappa shape index (κ2) is 30.4. The zero-order chi connectivity index (χ0) is 53.4. The van der Waals surface area contributed by atoms with Crippen molar-refractivity contribution in [2.45, 2.75) is 96.9 Å². The normalized spacial score (nSPS) is 16.1. The van der Waals surface area contributed by atoms with Crippen molar-refractivity contribution in [1.29, 1.82) is 0 Å². The van der Waals surface area contributed by atoms with E-state index in [1.54, 1.807) is 11.8 Å². The Balaban J connectivity index is 0.00000153. The molecule has 5 N–H and O–H groups in total. The van der Waals surface area contributed by atoms with E-state index < -0.39 is 53.6 Å². The van der Waals surface area contributed by atoms with Crippen LogP contribution in [0.15, 0.2) is 72.8 Å². The molecule has 1 heterocycles. The molecular weight excluding hydrogens is 960 g/mol. The average Bonchev–Trinajstić information content (AvgIpc) is 3.36. The van der Waals surface area contributed by atoms with Gasteiger partial charge in [-0.25, -0.2) is 9.59 Å². The van der Waals surface area contributed by atoms with Gasteiger partial charge in [0.25, 0.3) is 0 Å². The number of amides is 4. The summed E-state index contributed by atoms with van der Waals surface area (Å²) in [4.78, 5) is 68.0. The second-order valence-electron chi connectivity index (χ2n) is 18.4. The number of fused-ring (bicyclic) bond motifs is 2. The van der Waals surface area contributed by atoms with Crippen molar-refractivity contribution in [3.63, 3.8) is 0 Å². The predicted octanol–water partition coefficient (Wildman–Crippen LogP) is 5.38. The number of benzene rings is 3. The summed E-state index contributed by atoms with van der Waals surface area (Å²) in [5, 5.41) is 13.4. The summed E-state index contributed by atoms with van der Waals surface area (Å²) < 4.78 is 70.8. The minimum atomic E-state index is -5.08. The van der Waals surface area contributed by atoms with Crippen LogP contribution in [0.1, 0.15) is 74.4 Å². The van der Waals surface area contributed by atoms with Crippen LogP contribution in [0.4, 0.5) is 18.0 Å². The molecule has 1 aliphatic heterocycles. The van der Waals surface area contributed by atoms with Gasteiger partial charge in [-0.1, -0.05) is 81.4 Å². The number of carbonyl (C=O) groups is 5. The van der Waals surface area contributed by atoms with Crippen LogP contribution < -0.4 is 21.1 Å². The summed E-state index contributed by atoms with van der Waals surface area (Å²) in [5.74, 6) is -3.36. The molecule has 4 atom stereocenters. The van der Waals surface area contributed by atoms with Crippen LogP contribution in [0.5, 0.6) is 5.75 Å². The SMILES string of the molecule is C[C@@H](C(=O)N[C@H](C(=O)N1Cc2cc(OCCOCCOCCOCCOCCOCCN)ccc2C[C@H]1C(=O)N[C@@H]1CCCc2ccccc21)C(C)(C)C)N(C)C(=O)OCc1ccccc1.O=C(O)C(F)(F)F. The fraction of sp³-hybridized carbons (Fsp3) is 0.558. The fourth-order valence-corrected chi connectivity index (χ4v) is 7.80. The lowest BCUT2D eigenvalue weighted by Gasteiger charge is -2.42.